The zero-order valence-electron chi connectivity index (χ0n) is 5.62. The van der Waals surface area contributed by atoms with Gasteiger partial charge in [0.05, 0.1) is 0 Å². The zero-order chi connectivity index (χ0) is 5.91. The maximum Gasteiger partial charge on any atom is 0.0411 e. The maximum absolute atomic E-state index is 3.94. The average molecular weight is 131 g/mol. The van der Waals surface area contributed by atoms with Crippen LogP contribution < -0.4 is 0 Å². The summed E-state index contributed by atoms with van der Waals surface area (Å²) in [5.74, 6) is 0. The molecule has 1 radical (unpaired) electrons. The van der Waals surface area contributed by atoms with Gasteiger partial charge >= 0.3 is 0 Å². The topological polar surface area (TPSA) is 0 Å². The molecule has 0 heterocycles. The van der Waals surface area contributed by atoms with Crippen LogP contribution >= 0.6 is 0 Å². The van der Waals surface area contributed by atoms with E-state index in [1.165, 1.54) is 5.67 Å². The second-order valence-electron chi connectivity index (χ2n) is 3.16. The molecule has 0 aliphatic heterocycles. The first-order chi connectivity index (χ1) is 3.06. The van der Waals surface area contributed by atoms with Gasteiger partial charge in [-0.1, -0.05) is 31.9 Å². The number of rotatable bonds is 2. The predicted octanol–water partition coefficient (Wildman–Crippen LogP) is 1.24. The van der Waals surface area contributed by atoms with Gasteiger partial charge in [-0.25, -0.2) is 0 Å². The summed E-state index contributed by atoms with van der Waals surface area (Å²) in [7, 11) is -0.536. The van der Waals surface area contributed by atoms with E-state index < -0.39 is 8.07 Å². The SMILES string of the molecule is [CH2][SiH2]C[Si](C)(C)C. The molecule has 0 aromatic heterocycles. The molecular formula is C5H15Si2. The molecule has 0 rings (SSSR count). The van der Waals surface area contributed by atoms with Gasteiger partial charge in [-0.3, -0.25) is 0 Å². The Kier molecular flexibility index (Phi) is 2.84. The van der Waals surface area contributed by atoms with Crippen LogP contribution in [-0.2, 0) is 0 Å². The summed E-state index contributed by atoms with van der Waals surface area (Å²) in [4.78, 5) is 0. The molecule has 0 amide bonds. The highest BCUT2D eigenvalue weighted by Crippen LogP contribution is 2.04. The minimum Gasteiger partial charge on any atom is -0.0698 e. The van der Waals surface area contributed by atoms with Gasteiger partial charge in [0.25, 0.3) is 0 Å². The lowest BCUT2D eigenvalue weighted by Gasteiger charge is -2.12. The van der Waals surface area contributed by atoms with Crippen LogP contribution in [0.3, 0.4) is 0 Å². The van der Waals surface area contributed by atoms with E-state index in [1.54, 1.807) is 0 Å². The van der Waals surface area contributed by atoms with Crippen LogP contribution in [0.15, 0.2) is 0 Å². The van der Waals surface area contributed by atoms with E-state index >= 15 is 0 Å². The third kappa shape index (κ3) is 6.43. The number of hydrogen-bond donors (Lipinski definition) is 0. The van der Waals surface area contributed by atoms with E-state index in [9.17, 15) is 0 Å². The molecule has 0 N–H and O–H groups in total. The van der Waals surface area contributed by atoms with Crippen molar-refractivity contribution in [3.05, 3.63) is 6.55 Å². The third-order valence-corrected chi connectivity index (χ3v) is 8.34. The van der Waals surface area contributed by atoms with Gasteiger partial charge in [0, 0.05) is 17.6 Å². The molecule has 0 aliphatic carbocycles. The van der Waals surface area contributed by atoms with Crippen LogP contribution in [0.5, 0.6) is 0 Å². The first-order valence-corrected chi connectivity index (χ1v) is 8.56. The van der Waals surface area contributed by atoms with E-state index in [0.29, 0.717) is 0 Å². The Labute approximate surface area is 50.2 Å². The van der Waals surface area contributed by atoms with Gasteiger partial charge in [0.2, 0.25) is 0 Å². The van der Waals surface area contributed by atoms with Gasteiger partial charge in [-0.15, -0.1) is 0 Å². The molecule has 43 valence electrons. The van der Waals surface area contributed by atoms with Crippen LogP contribution in [0.2, 0.25) is 25.3 Å². The van der Waals surface area contributed by atoms with Crippen molar-refractivity contribution in [3.63, 3.8) is 0 Å². The summed E-state index contributed by atoms with van der Waals surface area (Å²) < 4.78 is 0. The zero-order valence-corrected chi connectivity index (χ0v) is 8.04. The van der Waals surface area contributed by atoms with Crippen LogP contribution in [0.1, 0.15) is 0 Å². The van der Waals surface area contributed by atoms with Crippen LogP contribution in [-0.4, -0.2) is 17.6 Å². The Hall–Kier alpha value is 0.434. The monoisotopic (exact) mass is 131 g/mol. The van der Waals surface area contributed by atoms with Crippen molar-refractivity contribution in [2.45, 2.75) is 25.3 Å². The third-order valence-electron chi connectivity index (χ3n) is 0.927. The van der Waals surface area contributed by atoms with Gasteiger partial charge in [0.1, 0.15) is 0 Å². The molecule has 0 spiro atoms. The molecular weight excluding hydrogens is 116 g/mol. The normalized spacial score (nSPS) is 13.7. The van der Waals surface area contributed by atoms with Gasteiger partial charge in [-0.2, -0.15) is 0 Å². The van der Waals surface area contributed by atoms with E-state index in [0.717, 1.165) is 0 Å². The molecule has 0 nitrogen and oxygen atoms in total. The van der Waals surface area contributed by atoms with Crippen molar-refractivity contribution in [1.82, 2.24) is 0 Å². The molecule has 0 aromatic carbocycles. The minimum atomic E-state index is -0.658. The lowest BCUT2D eigenvalue weighted by atomic mass is 11.7. The van der Waals surface area contributed by atoms with Crippen molar-refractivity contribution in [2.24, 2.45) is 0 Å². The molecule has 7 heavy (non-hydrogen) atoms. The Bertz CT molecular complexity index is 44.5. The fourth-order valence-electron chi connectivity index (χ4n) is 0.530. The second-order valence-corrected chi connectivity index (χ2v) is 11.0. The van der Waals surface area contributed by atoms with E-state index in [1.807, 2.05) is 0 Å². The molecule has 0 saturated carbocycles. The molecule has 0 aliphatic rings. The van der Waals surface area contributed by atoms with Gasteiger partial charge < -0.3 is 0 Å². The quantitative estimate of drug-likeness (QED) is 0.495. The summed E-state index contributed by atoms with van der Waals surface area (Å²) in [5.41, 5.74) is 1.51. The fraction of sp³-hybridized carbons (Fsp3) is 0.800. The Balaban J connectivity index is 3.15. The average Bonchev–Trinajstić information content (AvgIpc) is 1.30. The maximum atomic E-state index is 3.94. The first-order valence-electron chi connectivity index (χ1n) is 2.85. The lowest BCUT2D eigenvalue weighted by Crippen LogP contribution is -2.21. The highest BCUT2D eigenvalue weighted by molar-refractivity contribution is 6.83. The van der Waals surface area contributed by atoms with E-state index in [4.69, 9.17) is 0 Å². The predicted molar refractivity (Wildman–Crippen MR) is 42.1 cm³/mol. The minimum absolute atomic E-state index is 0.122. The summed E-state index contributed by atoms with van der Waals surface area (Å²) in [6.45, 7) is 11.2. The largest absolute Gasteiger partial charge is 0.0698 e. The summed E-state index contributed by atoms with van der Waals surface area (Å²) in [6.07, 6.45) is 0. The molecule has 0 atom stereocenters. The molecule has 0 unspecified atom stereocenters. The molecule has 0 bridgehead atoms. The summed E-state index contributed by atoms with van der Waals surface area (Å²) in [5, 5.41) is 0. The standard InChI is InChI=1S/C5H15Si2/c1-6-5-7(2,3)4/h1,5-6H2,2-4H3. The Morgan fingerprint density at radius 1 is 1.43 bits per heavy atom. The first kappa shape index (κ1) is 7.43. The molecule has 0 saturated heterocycles. The van der Waals surface area contributed by atoms with E-state index in [-0.39, 0.29) is 9.52 Å². The van der Waals surface area contributed by atoms with Gasteiger partial charge in [-0.05, 0) is 0 Å². The van der Waals surface area contributed by atoms with Crippen molar-refractivity contribution < 1.29 is 0 Å². The molecule has 0 fully saturated rings. The van der Waals surface area contributed by atoms with Crippen molar-refractivity contribution >= 4 is 17.6 Å². The smallest absolute Gasteiger partial charge is 0.0411 e. The fourth-order valence-corrected chi connectivity index (χ4v) is 4.77. The number of hydrogen-bond acceptors (Lipinski definition) is 0. The highest BCUT2D eigenvalue weighted by Gasteiger charge is 2.09. The summed E-state index contributed by atoms with van der Waals surface area (Å²) >= 11 is 0. The summed E-state index contributed by atoms with van der Waals surface area (Å²) in [6, 6.07) is 0. The molecule has 2 heteroatoms. The Morgan fingerprint density at radius 2 is 1.86 bits per heavy atom. The lowest BCUT2D eigenvalue weighted by molar-refractivity contribution is 1.64. The van der Waals surface area contributed by atoms with Crippen LogP contribution in [0.25, 0.3) is 0 Å². The van der Waals surface area contributed by atoms with Crippen molar-refractivity contribution in [3.8, 4) is 0 Å². The van der Waals surface area contributed by atoms with Crippen molar-refractivity contribution in [2.75, 3.05) is 0 Å². The van der Waals surface area contributed by atoms with Crippen LogP contribution in [0, 0.1) is 6.55 Å². The van der Waals surface area contributed by atoms with Crippen LogP contribution in [0.4, 0.5) is 0 Å². The van der Waals surface area contributed by atoms with Gasteiger partial charge in [0.15, 0.2) is 0 Å². The Morgan fingerprint density at radius 3 is 1.86 bits per heavy atom. The molecule has 0 aromatic rings. The second kappa shape index (κ2) is 2.67. The van der Waals surface area contributed by atoms with Crippen molar-refractivity contribution in [1.29, 1.82) is 0 Å². The highest BCUT2D eigenvalue weighted by atomic mass is 28.4. The van der Waals surface area contributed by atoms with E-state index in [2.05, 4.69) is 26.2 Å².